The fraction of sp³-hybridized carbons (Fsp3) is 0.367. The lowest BCUT2D eigenvalue weighted by atomic mass is 9.91. The van der Waals surface area contributed by atoms with Crippen molar-refractivity contribution in [1.82, 2.24) is 0 Å². The Morgan fingerprint density at radius 3 is 2.70 bits per heavy atom. The highest BCUT2D eigenvalue weighted by Crippen LogP contribution is 2.42. The highest BCUT2D eigenvalue weighted by atomic mass is 16.5. The van der Waals surface area contributed by atoms with Crippen molar-refractivity contribution in [1.29, 1.82) is 0 Å². The van der Waals surface area contributed by atoms with Crippen molar-refractivity contribution < 1.29 is 33.2 Å². The Morgan fingerprint density at radius 2 is 1.86 bits per heavy atom. The number of carbonyl (C=O) groups excluding carboxylic acids is 1. The molecule has 7 heteroatoms. The molecule has 0 bridgehead atoms. The van der Waals surface area contributed by atoms with Gasteiger partial charge in [-0.3, -0.25) is 4.79 Å². The molecule has 2 aliphatic heterocycles. The molecule has 37 heavy (non-hydrogen) atoms. The number of benzene rings is 3. The van der Waals surface area contributed by atoms with Gasteiger partial charge in [-0.25, -0.2) is 0 Å². The number of carbonyl (C=O) groups is 1. The maximum absolute atomic E-state index is 11.7. The van der Waals surface area contributed by atoms with E-state index >= 15 is 0 Å². The van der Waals surface area contributed by atoms with Gasteiger partial charge in [0.15, 0.2) is 0 Å². The van der Waals surface area contributed by atoms with E-state index in [9.17, 15) is 4.79 Å². The number of fused-ring (bicyclic) bond motifs is 4. The highest BCUT2D eigenvalue weighted by Gasteiger charge is 2.27. The predicted octanol–water partition coefficient (Wildman–Crippen LogP) is 5.59. The number of ether oxygens (including phenoxy) is 6. The van der Waals surface area contributed by atoms with Crippen molar-refractivity contribution in [2.24, 2.45) is 0 Å². The fourth-order valence-corrected chi connectivity index (χ4v) is 4.88. The van der Waals surface area contributed by atoms with Crippen LogP contribution in [0.15, 0.2) is 48.5 Å². The van der Waals surface area contributed by atoms with Crippen LogP contribution in [0.25, 0.3) is 11.1 Å². The molecule has 5 rings (SSSR count). The molecule has 0 amide bonds. The van der Waals surface area contributed by atoms with Crippen LogP contribution in [0.2, 0.25) is 0 Å². The van der Waals surface area contributed by atoms with E-state index in [0.29, 0.717) is 46.1 Å². The Bertz CT molecular complexity index is 1280. The zero-order chi connectivity index (χ0) is 25.8. The lowest BCUT2D eigenvalue weighted by Crippen LogP contribution is -2.10. The first-order valence-corrected chi connectivity index (χ1v) is 12.6. The summed E-state index contributed by atoms with van der Waals surface area (Å²) in [4.78, 5) is 11.7. The van der Waals surface area contributed by atoms with Gasteiger partial charge in [0, 0.05) is 35.3 Å². The SMILES string of the molecule is CCOCCOc1cc(C)c2c(c1)COc1ccc(COc3ccc4c(c3)OC[C@H]4CC(=O)OC)cc1-2. The number of aryl methyl sites for hydroxylation is 1. The molecule has 0 saturated carbocycles. The normalized spacial score (nSPS) is 15.1. The summed E-state index contributed by atoms with van der Waals surface area (Å²) in [5.74, 6) is 2.95. The van der Waals surface area contributed by atoms with E-state index in [1.54, 1.807) is 0 Å². The number of hydrogen-bond donors (Lipinski definition) is 0. The van der Waals surface area contributed by atoms with Crippen LogP contribution in [-0.2, 0) is 27.5 Å². The van der Waals surface area contributed by atoms with Crippen LogP contribution < -0.4 is 18.9 Å². The summed E-state index contributed by atoms with van der Waals surface area (Å²) < 4.78 is 34.0. The maximum atomic E-state index is 11.7. The standard InChI is InChI=1S/C30H32O7/c1-4-33-9-10-34-24-11-19(2)30-22(13-24)18-36-27-8-5-20(12-26(27)30)16-35-23-6-7-25-21(14-29(31)32-3)17-37-28(25)15-23/h5-8,11-13,15,21H,4,9-10,14,16-18H2,1-3H3/t21-/m1/s1. The Balaban J connectivity index is 1.28. The summed E-state index contributed by atoms with van der Waals surface area (Å²) in [5.41, 5.74) is 6.54. The Kier molecular flexibility index (Phi) is 7.51. The van der Waals surface area contributed by atoms with E-state index in [2.05, 4.69) is 25.1 Å². The summed E-state index contributed by atoms with van der Waals surface area (Å²) in [6, 6.07) is 16.1. The molecule has 2 aliphatic rings. The van der Waals surface area contributed by atoms with Crippen molar-refractivity contribution in [3.8, 4) is 34.1 Å². The zero-order valence-electron chi connectivity index (χ0n) is 21.5. The van der Waals surface area contributed by atoms with Crippen molar-refractivity contribution in [3.05, 3.63) is 70.8 Å². The molecule has 0 radical (unpaired) electrons. The second kappa shape index (κ2) is 11.1. The molecule has 0 aromatic heterocycles. The minimum Gasteiger partial charge on any atom is -0.492 e. The molecule has 0 aliphatic carbocycles. The van der Waals surface area contributed by atoms with E-state index in [1.165, 1.54) is 12.7 Å². The number of rotatable bonds is 10. The monoisotopic (exact) mass is 504 g/mol. The fourth-order valence-electron chi connectivity index (χ4n) is 4.88. The van der Waals surface area contributed by atoms with Crippen LogP contribution in [0.4, 0.5) is 0 Å². The molecular formula is C30H32O7. The van der Waals surface area contributed by atoms with Gasteiger partial charge >= 0.3 is 5.97 Å². The molecule has 194 valence electrons. The molecule has 0 fully saturated rings. The third-order valence-corrected chi connectivity index (χ3v) is 6.70. The molecule has 1 atom stereocenters. The first kappa shape index (κ1) is 25.0. The molecule has 0 saturated heterocycles. The average Bonchev–Trinajstić information content (AvgIpc) is 3.31. The Morgan fingerprint density at radius 1 is 0.973 bits per heavy atom. The van der Waals surface area contributed by atoms with E-state index in [-0.39, 0.29) is 11.9 Å². The second-order valence-corrected chi connectivity index (χ2v) is 9.22. The van der Waals surface area contributed by atoms with Crippen LogP contribution in [-0.4, -0.2) is 39.5 Å². The molecular weight excluding hydrogens is 472 g/mol. The summed E-state index contributed by atoms with van der Waals surface area (Å²) >= 11 is 0. The van der Waals surface area contributed by atoms with Gasteiger partial charge < -0.3 is 28.4 Å². The maximum Gasteiger partial charge on any atom is 0.306 e. The van der Waals surface area contributed by atoms with Gasteiger partial charge in [0.2, 0.25) is 0 Å². The molecule has 0 spiro atoms. The van der Waals surface area contributed by atoms with Crippen LogP contribution in [0, 0.1) is 6.92 Å². The third-order valence-electron chi connectivity index (χ3n) is 6.70. The lowest BCUT2D eigenvalue weighted by Gasteiger charge is -2.24. The van der Waals surface area contributed by atoms with Crippen LogP contribution in [0.3, 0.4) is 0 Å². The molecule has 0 N–H and O–H groups in total. The largest absolute Gasteiger partial charge is 0.492 e. The number of methoxy groups -OCH3 is 1. The minimum atomic E-state index is -0.236. The van der Waals surface area contributed by atoms with Gasteiger partial charge in [0.25, 0.3) is 0 Å². The summed E-state index contributed by atoms with van der Waals surface area (Å²) in [7, 11) is 1.40. The highest BCUT2D eigenvalue weighted by molar-refractivity contribution is 5.79. The molecule has 3 aromatic carbocycles. The van der Waals surface area contributed by atoms with Crippen molar-refractivity contribution in [2.75, 3.05) is 33.5 Å². The van der Waals surface area contributed by atoms with Gasteiger partial charge in [0.05, 0.1) is 26.7 Å². The summed E-state index contributed by atoms with van der Waals surface area (Å²) in [6.07, 6.45) is 0.308. The summed E-state index contributed by atoms with van der Waals surface area (Å²) in [6.45, 7) is 7.23. The molecule has 0 unspecified atom stereocenters. The topological polar surface area (TPSA) is 72.5 Å². The van der Waals surface area contributed by atoms with Crippen LogP contribution in [0.1, 0.15) is 41.5 Å². The average molecular weight is 505 g/mol. The van der Waals surface area contributed by atoms with Crippen molar-refractivity contribution >= 4 is 5.97 Å². The van der Waals surface area contributed by atoms with Gasteiger partial charge in [-0.1, -0.05) is 12.1 Å². The number of esters is 1. The van der Waals surface area contributed by atoms with Crippen molar-refractivity contribution in [2.45, 2.75) is 39.4 Å². The Labute approximate surface area is 217 Å². The van der Waals surface area contributed by atoms with Gasteiger partial charge in [0.1, 0.15) is 42.8 Å². The van der Waals surface area contributed by atoms with Gasteiger partial charge in [-0.2, -0.15) is 0 Å². The summed E-state index contributed by atoms with van der Waals surface area (Å²) in [5, 5.41) is 0. The van der Waals surface area contributed by atoms with Crippen LogP contribution >= 0.6 is 0 Å². The predicted molar refractivity (Wildman–Crippen MR) is 139 cm³/mol. The second-order valence-electron chi connectivity index (χ2n) is 9.22. The van der Waals surface area contributed by atoms with E-state index in [0.717, 1.165) is 50.8 Å². The van der Waals surface area contributed by atoms with E-state index in [4.69, 9.17) is 28.4 Å². The quantitative estimate of drug-likeness (QED) is 0.263. The van der Waals surface area contributed by atoms with E-state index < -0.39 is 0 Å². The van der Waals surface area contributed by atoms with Gasteiger partial charge in [-0.15, -0.1) is 0 Å². The Hall–Kier alpha value is -3.71. The lowest BCUT2D eigenvalue weighted by molar-refractivity contribution is -0.141. The smallest absolute Gasteiger partial charge is 0.306 e. The van der Waals surface area contributed by atoms with Crippen LogP contribution in [0.5, 0.6) is 23.0 Å². The molecule has 7 nitrogen and oxygen atoms in total. The zero-order valence-corrected chi connectivity index (χ0v) is 21.5. The first-order chi connectivity index (χ1) is 18.1. The third kappa shape index (κ3) is 5.52. The first-order valence-electron chi connectivity index (χ1n) is 12.6. The van der Waals surface area contributed by atoms with Gasteiger partial charge in [-0.05, 0) is 60.9 Å². The number of hydrogen-bond acceptors (Lipinski definition) is 7. The molecule has 3 aromatic rings. The molecule has 2 heterocycles. The van der Waals surface area contributed by atoms with Crippen molar-refractivity contribution in [3.63, 3.8) is 0 Å². The van der Waals surface area contributed by atoms with E-state index in [1.807, 2.05) is 37.3 Å². The minimum absolute atomic E-state index is 0.0102.